The molecule has 5 N–H and O–H groups in total. The van der Waals surface area contributed by atoms with Gasteiger partial charge >= 0.3 is 0 Å². The number of primary amides is 1. The second-order valence-electron chi connectivity index (χ2n) is 4.07. The molecule has 1 aromatic heterocycles. The van der Waals surface area contributed by atoms with E-state index in [1.165, 1.54) is 0 Å². The molecule has 6 nitrogen and oxygen atoms in total. The molecule has 0 fully saturated rings. The number of hydrogen-bond acceptors (Lipinski definition) is 4. The van der Waals surface area contributed by atoms with Gasteiger partial charge in [0.25, 0.3) is 0 Å². The van der Waals surface area contributed by atoms with Gasteiger partial charge in [-0.1, -0.05) is 12.2 Å². The third kappa shape index (κ3) is 2.58. The lowest BCUT2D eigenvalue weighted by molar-refractivity contribution is 0.100. The highest BCUT2D eigenvalue weighted by Gasteiger charge is 2.10. The molecular weight excluding hydrogens is 242 g/mol. The van der Waals surface area contributed by atoms with Crippen LogP contribution in [0.1, 0.15) is 10.4 Å². The zero-order valence-electron chi connectivity index (χ0n) is 10.8. The van der Waals surface area contributed by atoms with Crippen LogP contribution in [0.25, 0.3) is 11.0 Å². The molecule has 2 rings (SSSR count). The summed E-state index contributed by atoms with van der Waals surface area (Å²) in [6, 6.07) is 5.25. The Morgan fingerprint density at radius 1 is 1.47 bits per heavy atom. The number of imidazole rings is 1. The van der Waals surface area contributed by atoms with Crippen molar-refractivity contribution in [1.82, 2.24) is 9.55 Å². The SMILES string of the molecule is CNc1nc2cc(C(N)=O)ccc2n1C/C=C/CN. The number of allylic oxidation sites excluding steroid dienone is 1. The Morgan fingerprint density at radius 2 is 2.26 bits per heavy atom. The van der Waals surface area contributed by atoms with Crippen molar-refractivity contribution in [3.05, 3.63) is 35.9 Å². The molecule has 0 saturated heterocycles. The van der Waals surface area contributed by atoms with Gasteiger partial charge in [0.05, 0.1) is 11.0 Å². The summed E-state index contributed by atoms with van der Waals surface area (Å²) in [6.07, 6.45) is 3.87. The maximum Gasteiger partial charge on any atom is 0.248 e. The normalized spacial score (nSPS) is 11.3. The number of nitrogens with one attached hydrogen (secondary N) is 1. The van der Waals surface area contributed by atoms with E-state index in [0.29, 0.717) is 18.7 Å². The van der Waals surface area contributed by atoms with Crippen molar-refractivity contribution >= 4 is 22.9 Å². The Bertz CT molecular complexity index is 629. The summed E-state index contributed by atoms with van der Waals surface area (Å²) < 4.78 is 2.01. The zero-order chi connectivity index (χ0) is 13.8. The largest absolute Gasteiger partial charge is 0.366 e. The number of nitrogens with zero attached hydrogens (tertiary/aromatic N) is 2. The minimum Gasteiger partial charge on any atom is -0.366 e. The number of hydrogen-bond donors (Lipinski definition) is 3. The molecule has 0 radical (unpaired) electrons. The summed E-state index contributed by atoms with van der Waals surface area (Å²) in [4.78, 5) is 15.6. The first-order valence-electron chi connectivity index (χ1n) is 6.00. The van der Waals surface area contributed by atoms with E-state index in [4.69, 9.17) is 11.5 Å². The van der Waals surface area contributed by atoms with Crippen molar-refractivity contribution in [2.45, 2.75) is 6.54 Å². The molecule has 0 spiro atoms. The van der Waals surface area contributed by atoms with Gasteiger partial charge in [0.1, 0.15) is 0 Å². The Labute approximate surface area is 111 Å². The molecule has 1 heterocycles. The van der Waals surface area contributed by atoms with E-state index in [1.807, 2.05) is 22.8 Å². The third-order valence-corrected chi connectivity index (χ3v) is 2.85. The predicted octanol–water partition coefficient (Wildman–Crippen LogP) is 0.692. The second kappa shape index (κ2) is 5.53. The van der Waals surface area contributed by atoms with Crippen molar-refractivity contribution in [1.29, 1.82) is 0 Å². The minimum absolute atomic E-state index is 0.453. The fourth-order valence-corrected chi connectivity index (χ4v) is 1.93. The number of fused-ring (bicyclic) bond motifs is 1. The molecule has 1 amide bonds. The number of benzene rings is 1. The van der Waals surface area contributed by atoms with E-state index in [-0.39, 0.29) is 0 Å². The summed E-state index contributed by atoms with van der Waals surface area (Å²) in [5.41, 5.74) is 12.8. The van der Waals surface area contributed by atoms with Crippen LogP contribution in [0.15, 0.2) is 30.4 Å². The van der Waals surface area contributed by atoms with Gasteiger partial charge in [-0.3, -0.25) is 4.79 Å². The van der Waals surface area contributed by atoms with Crippen LogP contribution in [0, 0.1) is 0 Å². The van der Waals surface area contributed by atoms with Gasteiger partial charge in [-0.05, 0) is 18.2 Å². The average Bonchev–Trinajstić information content (AvgIpc) is 2.76. The van der Waals surface area contributed by atoms with E-state index < -0.39 is 5.91 Å². The van der Waals surface area contributed by atoms with Crippen molar-refractivity contribution in [2.75, 3.05) is 18.9 Å². The minimum atomic E-state index is -0.453. The van der Waals surface area contributed by atoms with Crippen molar-refractivity contribution in [3.8, 4) is 0 Å². The van der Waals surface area contributed by atoms with Gasteiger partial charge < -0.3 is 21.4 Å². The number of anilines is 1. The quantitative estimate of drug-likeness (QED) is 0.688. The molecule has 0 bridgehead atoms. The molecule has 2 aromatic rings. The topological polar surface area (TPSA) is 99.0 Å². The van der Waals surface area contributed by atoms with Crippen molar-refractivity contribution in [2.24, 2.45) is 11.5 Å². The molecule has 0 aliphatic heterocycles. The van der Waals surface area contributed by atoms with Crippen LogP contribution in [0.4, 0.5) is 5.95 Å². The summed E-state index contributed by atoms with van der Waals surface area (Å²) >= 11 is 0. The van der Waals surface area contributed by atoms with Crippen molar-refractivity contribution < 1.29 is 4.79 Å². The fourth-order valence-electron chi connectivity index (χ4n) is 1.93. The lowest BCUT2D eigenvalue weighted by Gasteiger charge is -2.05. The van der Waals surface area contributed by atoms with Crippen molar-refractivity contribution in [3.63, 3.8) is 0 Å². The molecule has 0 aliphatic rings. The summed E-state index contributed by atoms with van der Waals surface area (Å²) in [6.45, 7) is 1.17. The van der Waals surface area contributed by atoms with Gasteiger partial charge in [-0.25, -0.2) is 4.98 Å². The lowest BCUT2D eigenvalue weighted by Crippen LogP contribution is -2.10. The highest BCUT2D eigenvalue weighted by molar-refractivity contribution is 5.96. The number of nitrogens with two attached hydrogens (primary N) is 2. The summed E-state index contributed by atoms with van der Waals surface area (Å²) in [5, 5.41) is 3.03. The van der Waals surface area contributed by atoms with Crippen LogP contribution in [-0.2, 0) is 6.54 Å². The number of carbonyl (C=O) groups excluding carboxylic acids is 1. The van der Waals surface area contributed by atoms with Crippen LogP contribution in [0.3, 0.4) is 0 Å². The van der Waals surface area contributed by atoms with Gasteiger partial charge in [0.15, 0.2) is 0 Å². The van der Waals surface area contributed by atoms with E-state index in [0.717, 1.165) is 17.0 Å². The first kappa shape index (κ1) is 13.1. The highest BCUT2D eigenvalue weighted by Crippen LogP contribution is 2.20. The monoisotopic (exact) mass is 259 g/mol. The maximum atomic E-state index is 11.2. The molecule has 0 saturated carbocycles. The van der Waals surface area contributed by atoms with Gasteiger partial charge in [-0.15, -0.1) is 0 Å². The van der Waals surface area contributed by atoms with E-state index in [9.17, 15) is 4.79 Å². The van der Waals surface area contributed by atoms with Crippen LogP contribution in [0.2, 0.25) is 0 Å². The Morgan fingerprint density at radius 3 is 2.89 bits per heavy atom. The highest BCUT2D eigenvalue weighted by atomic mass is 16.1. The Kier molecular flexibility index (Phi) is 3.82. The zero-order valence-corrected chi connectivity index (χ0v) is 10.8. The van der Waals surface area contributed by atoms with Gasteiger partial charge in [0.2, 0.25) is 11.9 Å². The van der Waals surface area contributed by atoms with Gasteiger partial charge in [0, 0.05) is 25.7 Å². The van der Waals surface area contributed by atoms with E-state index in [2.05, 4.69) is 10.3 Å². The van der Waals surface area contributed by atoms with Crippen LogP contribution in [-0.4, -0.2) is 29.1 Å². The first-order valence-corrected chi connectivity index (χ1v) is 6.00. The van der Waals surface area contributed by atoms with E-state index in [1.54, 1.807) is 19.2 Å². The Hall–Kier alpha value is -2.34. The number of aromatic nitrogens is 2. The number of carbonyl (C=O) groups is 1. The standard InChI is InChI=1S/C13H17N5O/c1-16-13-17-10-8-9(12(15)19)4-5-11(10)18(13)7-3-2-6-14/h2-5,8H,6-7,14H2,1H3,(H2,15,19)(H,16,17)/b3-2+. The van der Waals surface area contributed by atoms with Crippen LogP contribution >= 0.6 is 0 Å². The first-order chi connectivity index (χ1) is 9.17. The molecule has 0 atom stereocenters. The smallest absolute Gasteiger partial charge is 0.248 e. The van der Waals surface area contributed by atoms with E-state index >= 15 is 0 Å². The third-order valence-electron chi connectivity index (χ3n) is 2.85. The molecule has 19 heavy (non-hydrogen) atoms. The molecule has 0 aliphatic carbocycles. The second-order valence-corrected chi connectivity index (χ2v) is 4.07. The fraction of sp³-hybridized carbons (Fsp3) is 0.231. The molecule has 100 valence electrons. The van der Waals surface area contributed by atoms with Crippen LogP contribution < -0.4 is 16.8 Å². The molecule has 1 aromatic carbocycles. The summed E-state index contributed by atoms with van der Waals surface area (Å²) in [5.74, 6) is 0.281. The average molecular weight is 259 g/mol. The molecule has 6 heteroatoms. The van der Waals surface area contributed by atoms with Crippen LogP contribution in [0.5, 0.6) is 0 Å². The number of amides is 1. The summed E-state index contributed by atoms with van der Waals surface area (Å²) in [7, 11) is 1.80. The van der Waals surface area contributed by atoms with Gasteiger partial charge in [-0.2, -0.15) is 0 Å². The Balaban J connectivity index is 2.49. The molecular formula is C13H17N5O. The lowest BCUT2D eigenvalue weighted by atomic mass is 10.2. The maximum absolute atomic E-state index is 11.2. The number of rotatable bonds is 5. The predicted molar refractivity (Wildman–Crippen MR) is 76.0 cm³/mol. The molecule has 0 unspecified atom stereocenters.